The molecule has 1 amide bonds. The quantitative estimate of drug-likeness (QED) is 0.831. The van der Waals surface area contributed by atoms with Crippen LogP contribution in [-0.2, 0) is 4.79 Å². The zero-order chi connectivity index (χ0) is 15.4. The molecule has 0 bridgehead atoms. The van der Waals surface area contributed by atoms with E-state index in [9.17, 15) is 4.79 Å². The Bertz CT molecular complexity index is 602. The fraction of sp³-hybridized carbons (Fsp3) is 0.353. The van der Waals surface area contributed by atoms with Crippen LogP contribution in [0.25, 0.3) is 0 Å². The van der Waals surface area contributed by atoms with Crippen molar-refractivity contribution in [3.63, 3.8) is 0 Å². The van der Waals surface area contributed by atoms with Crippen molar-refractivity contribution in [2.24, 2.45) is 5.92 Å². The molecule has 0 aliphatic rings. The van der Waals surface area contributed by atoms with Crippen molar-refractivity contribution in [1.29, 1.82) is 0 Å². The van der Waals surface area contributed by atoms with Gasteiger partial charge in [-0.3, -0.25) is 4.79 Å². The first kappa shape index (κ1) is 15.6. The third-order valence-electron chi connectivity index (χ3n) is 3.35. The van der Waals surface area contributed by atoms with Crippen molar-refractivity contribution in [2.75, 3.05) is 10.6 Å². The van der Waals surface area contributed by atoms with Crippen molar-refractivity contribution in [3.8, 4) is 0 Å². The van der Waals surface area contributed by atoms with Crippen LogP contribution in [0.2, 0.25) is 0 Å². The Hall–Kier alpha value is -1.81. The number of carbonyl (C=O) groups excluding carboxylic acids is 1. The third-order valence-corrected chi connectivity index (χ3v) is 4.56. The number of hydrogen-bond acceptors (Lipinski definition) is 3. The summed E-state index contributed by atoms with van der Waals surface area (Å²) in [4.78, 5) is 13.0. The Labute approximate surface area is 130 Å². The van der Waals surface area contributed by atoms with Gasteiger partial charge in [-0.05, 0) is 55.1 Å². The zero-order valence-corrected chi connectivity index (χ0v) is 13.8. The van der Waals surface area contributed by atoms with E-state index in [1.54, 1.807) is 11.3 Å². The van der Waals surface area contributed by atoms with E-state index in [1.165, 1.54) is 10.4 Å². The summed E-state index contributed by atoms with van der Waals surface area (Å²) in [6.07, 6.45) is 0. The van der Waals surface area contributed by atoms with Crippen molar-refractivity contribution in [2.45, 2.75) is 33.7 Å². The van der Waals surface area contributed by atoms with Gasteiger partial charge in [-0.25, -0.2) is 0 Å². The lowest BCUT2D eigenvalue weighted by Gasteiger charge is -2.15. The Kier molecular flexibility index (Phi) is 5.02. The predicted octanol–water partition coefficient (Wildman–Crippen LogP) is 4.82. The summed E-state index contributed by atoms with van der Waals surface area (Å²) in [5, 5.41) is 8.50. The molecule has 1 atom stereocenters. The van der Waals surface area contributed by atoms with Crippen LogP contribution in [0.5, 0.6) is 0 Å². The van der Waals surface area contributed by atoms with Crippen molar-refractivity contribution in [3.05, 3.63) is 46.2 Å². The van der Waals surface area contributed by atoms with Crippen LogP contribution in [0.1, 0.15) is 37.3 Å². The van der Waals surface area contributed by atoms with Crippen molar-refractivity contribution < 1.29 is 4.79 Å². The maximum absolute atomic E-state index is 11.6. The number of anilines is 2. The van der Waals surface area contributed by atoms with Gasteiger partial charge in [0.25, 0.3) is 0 Å². The predicted molar refractivity (Wildman–Crippen MR) is 91.0 cm³/mol. The van der Waals surface area contributed by atoms with Crippen molar-refractivity contribution >= 4 is 28.6 Å². The third kappa shape index (κ3) is 4.08. The van der Waals surface area contributed by atoms with E-state index in [0.29, 0.717) is 0 Å². The minimum Gasteiger partial charge on any atom is -0.378 e. The SMILES string of the molecule is Cc1ccsc1C(C)Nc1ccc(NC(=O)C(C)C)cc1. The number of amides is 1. The van der Waals surface area contributed by atoms with Crippen LogP contribution in [0, 0.1) is 12.8 Å². The molecule has 0 saturated carbocycles. The fourth-order valence-electron chi connectivity index (χ4n) is 2.08. The molecule has 21 heavy (non-hydrogen) atoms. The van der Waals surface area contributed by atoms with E-state index in [2.05, 4.69) is 35.9 Å². The summed E-state index contributed by atoms with van der Waals surface area (Å²) < 4.78 is 0. The molecular weight excluding hydrogens is 280 g/mol. The topological polar surface area (TPSA) is 41.1 Å². The molecule has 1 aromatic carbocycles. The second kappa shape index (κ2) is 6.76. The first-order chi connectivity index (χ1) is 9.97. The molecule has 0 fully saturated rings. The lowest BCUT2D eigenvalue weighted by molar-refractivity contribution is -0.118. The van der Waals surface area contributed by atoms with E-state index < -0.39 is 0 Å². The van der Waals surface area contributed by atoms with Gasteiger partial charge in [-0.15, -0.1) is 11.3 Å². The summed E-state index contributed by atoms with van der Waals surface area (Å²) in [5.41, 5.74) is 3.21. The molecule has 1 unspecified atom stereocenters. The first-order valence-electron chi connectivity index (χ1n) is 7.19. The summed E-state index contributed by atoms with van der Waals surface area (Å²) in [6.45, 7) is 8.06. The standard InChI is InChI=1S/C17H22N2OS/c1-11(2)17(20)19-15-7-5-14(6-8-15)18-13(4)16-12(3)9-10-21-16/h5-11,13,18H,1-4H3,(H,19,20). The molecular formula is C17H22N2OS. The van der Waals surface area contributed by atoms with E-state index >= 15 is 0 Å². The molecule has 0 spiro atoms. The van der Waals surface area contributed by atoms with Crippen LogP contribution in [0.3, 0.4) is 0 Å². The van der Waals surface area contributed by atoms with Crippen LogP contribution < -0.4 is 10.6 Å². The summed E-state index contributed by atoms with van der Waals surface area (Å²) in [5.74, 6) is 0.0305. The van der Waals surface area contributed by atoms with Gasteiger partial charge in [-0.2, -0.15) is 0 Å². The van der Waals surface area contributed by atoms with Gasteiger partial charge in [-0.1, -0.05) is 13.8 Å². The number of nitrogens with one attached hydrogen (secondary N) is 2. The number of benzene rings is 1. The highest BCUT2D eigenvalue weighted by Gasteiger charge is 2.10. The largest absolute Gasteiger partial charge is 0.378 e. The van der Waals surface area contributed by atoms with Crippen LogP contribution in [0.4, 0.5) is 11.4 Å². The molecule has 4 heteroatoms. The minimum absolute atomic E-state index is 0.00960. The molecule has 0 aliphatic carbocycles. The zero-order valence-electron chi connectivity index (χ0n) is 12.9. The Morgan fingerprint density at radius 1 is 1.05 bits per heavy atom. The fourth-order valence-corrected chi connectivity index (χ4v) is 3.02. The molecule has 1 aromatic heterocycles. The summed E-state index contributed by atoms with van der Waals surface area (Å²) in [6, 6.07) is 10.3. The second-order valence-corrected chi connectivity index (χ2v) is 6.50. The number of rotatable bonds is 5. The molecule has 0 radical (unpaired) electrons. The Morgan fingerprint density at radius 3 is 2.19 bits per heavy atom. The van der Waals surface area contributed by atoms with Crippen LogP contribution in [-0.4, -0.2) is 5.91 Å². The highest BCUT2D eigenvalue weighted by molar-refractivity contribution is 7.10. The maximum atomic E-state index is 11.6. The Morgan fingerprint density at radius 2 is 1.67 bits per heavy atom. The molecule has 2 N–H and O–H groups in total. The molecule has 2 rings (SSSR count). The van der Waals surface area contributed by atoms with Gasteiger partial charge in [0, 0.05) is 22.2 Å². The van der Waals surface area contributed by atoms with E-state index in [4.69, 9.17) is 0 Å². The normalized spacial score (nSPS) is 12.2. The smallest absolute Gasteiger partial charge is 0.226 e. The lowest BCUT2D eigenvalue weighted by Crippen LogP contribution is -2.17. The molecule has 112 valence electrons. The number of hydrogen-bond donors (Lipinski definition) is 2. The van der Waals surface area contributed by atoms with Gasteiger partial charge in [0.2, 0.25) is 5.91 Å². The molecule has 2 aromatic rings. The van der Waals surface area contributed by atoms with E-state index in [1.807, 2.05) is 38.1 Å². The first-order valence-corrected chi connectivity index (χ1v) is 8.07. The molecule has 1 heterocycles. The lowest BCUT2D eigenvalue weighted by atomic mass is 10.1. The molecule has 3 nitrogen and oxygen atoms in total. The van der Waals surface area contributed by atoms with Crippen LogP contribution >= 0.6 is 11.3 Å². The average Bonchev–Trinajstić information content (AvgIpc) is 2.87. The van der Waals surface area contributed by atoms with Gasteiger partial charge >= 0.3 is 0 Å². The van der Waals surface area contributed by atoms with E-state index in [0.717, 1.165) is 11.4 Å². The number of aryl methyl sites for hydroxylation is 1. The second-order valence-electron chi connectivity index (χ2n) is 5.56. The van der Waals surface area contributed by atoms with Gasteiger partial charge in [0.1, 0.15) is 0 Å². The summed E-state index contributed by atoms with van der Waals surface area (Å²) >= 11 is 1.77. The highest BCUT2D eigenvalue weighted by atomic mass is 32.1. The number of carbonyl (C=O) groups is 1. The molecule has 0 saturated heterocycles. The maximum Gasteiger partial charge on any atom is 0.226 e. The van der Waals surface area contributed by atoms with Gasteiger partial charge < -0.3 is 10.6 Å². The van der Waals surface area contributed by atoms with Crippen molar-refractivity contribution in [1.82, 2.24) is 0 Å². The average molecular weight is 302 g/mol. The highest BCUT2D eigenvalue weighted by Crippen LogP contribution is 2.27. The number of thiophene rings is 1. The van der Waals surface area contributed by atoms with Gasteiger partial charge in [0.05, 0.1) is 6.04 Å². The van der Waals surface area contributed by atoms with E-state index in [-0.39, 0.29) is 17.9 Å². The minimum atomic E-state index is -0.00960. The summed E-state index contributed by atoms with van der Waals surface area (Å²) in [7, 11) is 0. The molecule has 0 aliphatic heterocycles. The monoisotopic (exact) mass is 302 g/mol. The van der Waals surface area contributed by atoms with Crippen LogP contribution in [0.15, 0.2) is 35.7 Å². The Balaban J connectivity index is 1.99. The van der Waals surface area contributed by atoms with Gasteiger partial charge in [0.15, 0.2) is 0 Å².